The molecule has 0 saturated heterocycles. The van der Waals surface area contributed by atoms with Crippen molar-refractivity contribution in [2.24, 2.45) is 5.84 Å². The van der Waals surface area contributed by atoms with Gasteiger partial charge < -0.3 is 4.90 Å². The number of nitrogens with zero attached hydrogens (tertiary/aromatic N) is 1. The molecule has 0 aliphatic heterocycles. The van der Waals surface area contributed by atoms with Crippen molar-refractivity contribution < 1.29 is 0 Å². The number of anilines is 1. The van der Waals surface area contributed by atoms with Crippen molar-refractivity contribution in [2.45, 2.75) is 6.04 Å². The molecule has 5 heteroatoms. The highest BCUT2D eigenvalue weighted by molar-refractivity contribution is 6.33. The molecule has 0 aromatic heterocycles. The van der Waals surface area contributed by atoms with Gasteiger partial charge in [0.25, 0.3) is 0 Å². The molecule has 0 spiro atoms. The Morgan fingerprint density at radius 1 is 1.05 bits per heavy atom. The van der Waals surface area contributed by atoms with E-state index in [1.54, 1.807) is 12.1 Å². The molecule has 3 nitrogen and oxygen atoms in total. The largest absolute Gasteiger partial charge is 0.378 e. The van der Waals surface area contributed by atoms with Crippen LogP contribution in [0.5, 0.6) is 0 Å². The van der Waals surface area contributed by atoms with Crippen molar-refractivity contribution in [2.75, 3.05) is 19.0 Å². The van der Waals surface area contributed by atoms with E-state index >= 15 is 0 Å². The molecule has 0 amide bonds. The smallest absolute Gasteiger partial charge is 0.0725 e. The molecule has 1 unspecified atom stereocenters. The summed E-state index contributed by atoms with van der Waals surface area (Å²) in [4.78, 5) is 2.04. The molecule has 106 valence electrons. The molecule has 0 aliphatic rings. The Hall–Kier alpha value is -1.26. The van der Waals surface area contributed by atoms with Crippen LogP contribution in [0.4, 0.5) is 5.69 Å². The molecule has 0 fully saturated rings. The summed E-state index contributed by atoms with van der Waals surface area (Å²) < 4.78 is 0. The molecule has 1 atom stereocenters. The first kappa shape index (κ1) is 15.1. The lowest BCUT2D eigenvalue weighted by molar-refractivity contribution is 0.637. The number of nitrogens with two attached hydrogens (primary N) is 1. The lowest BCUT2D eigenvalue weighted by atomic mass is 9.99. The Morgan fingerprint density at radius 3 is 2.25 bits per heavy atom. The number of nitrogens with one attached hydrogen (secondary N) is 1. The zero-order chi connectivity index (χ0) is 14.7. The van der Waals surface area contributed by atoms with Crippen LogP contribution >= 0.6 is 23.2 Å². The summed E-state index contributed by atoms with van der Waals surface area (Å²) in [7, 11) is 4.00. The zero-order valence-corrected chi connectivity index (χ0v) is 12.9. The van der Waals surface area contributed by atoms with Crippen LogP contribution in [0.15, 0.2) is 42.5 Å². The SMILES string of the molecule is CN(C)c1ccc(C(NN)c2cc(Cl)ccc2Cl)cc1. The van der Waals surface area contributed by atoms with E-state index in [0.717, 1.165) is 16.8 Å². The lowest BCUT2D eigenvalue weighted by Gasteiger charge is -2.20. The second kappa shape index (κ2) is 6.46. The van der Waals surface area contributed by atoms with Gasteiger partial charge in [-0.3, -0.25) is 5.84 Å². The lowest BCUT2D eigenvalue weighted by Crippen LogP contribution is -2.29. The molecular weight excluding hydrogens is 293 g/mol. The standard InChI is InChI=1S/C15H17Cl2N3/c1-20(2)12-6-3-10(4-7-12)15(19-18)13-9-11(16)5-8-14(13)17/h3-9,15,19H,18H2,1-2H3. The van der Waals surface area contributed by atoms with Crippen LogP contribution in [-0.4, -0.2) is 14.1 Å². The van der Waals surface area contributed by atoms with Crippen LogP contribution < -0.4 is 16.2 Å². The Kier molecular flexibility index (Phi) is 4.89. The zero-order valence-electron chi connectivity index (χ0n) is 11.4. The molecule has 0 heterocycles. The Morgan fingerprint density at radius 2 is 1.70 bits per heavy atom. The van der Waals surface area contributed by atoms with Gasteiger partial charge in [0.05, 0.1) is 6.04 Å². The van der Waals surface area contributed by atoms with Crippen LogP contribution in [0, 0.1) is 0 Å². The van der Waals surface area contributed by atoms with Crippen LogP contribution in [0.3, 0.4) is 0 Å². The number of halogens is 2. The van der Waals surface area contributed by atoms with Crippen LogP contribution in [-0.2, 0) is 0 Å². The maximum Gasteiger partial charge on any atom is 0.0725 e. The fourth-order valence-electron chi connectivity index (χ4n) is 2.07. The quantitative estimate of drug-likeness (QED) is 0.669. The van der Waals surface area contributed by atoms with Gasteiger partial charge in [0, 0.05) is 29.8 Å². The maximum absolute atomic E-state index is 6.24. The van der Waals surface area contributed by atoms with Gasteiger partial charge in [0.1, 0.15) is 0 Å². The first-order valence-corrected chi connectivity index (χ1v) is 6.97. The van der Waals surface area contributed by atoms with E-state index in [-0.39, 0.29) is 6.04 Å². The van der Waals surface area contributed by atoms with Crippen molar-refractivity contribution >= 4 is 28.9 Å². The summed E-state index contributed by atoms with van der Waals surface area (Å²) >= 11 is 12.3. The predicted octanol–water partition coefficient (Wildman–Crippen LogP) is 3.61. The molecular formula is C15H17Cl2N3. The molecule has 0 radical (unpaired) electrons. The molecule has 20 heavy (non-hydrogen) atoms. The maximum atomic E-state index is 6.24. The average molecular weight is 310 g/mol. The van der Waals surface area contributed by atoms with Gasteiger partial charge in [-0.05, 0) is 41.5 Å². The van der Waals surface area contributed by atoms with E-state index < -0.39 is 0 Å². The number of hydrogen-bond acceptors (Lipinski definition) is 3. The normalized spacial score (nSPS) is 12.2. The van der Waals surface area contributed by atoms with Crippen LogP contribution in [0.2, 0.25) is 10.0 Å². The summed E-state index contributed by atoms with van der Waals surface area (Å²) in [6, 6.07) is 13.3. The predicted molar refractivity (Wildman–Crippen MR) is 86.4 cm³/mol. The third-order valence-electron chi connectivity index (χ3n) is 3.18. The molecule has 2 rings (SSSR count). The van der Waals surface area contributed by atoms with Crippen LogP contribution in [0.25, 0.3) is 0 Å². The second-order valence-electron chi connectivity index (χ2n) is 4.75. The molecule has 3 N–H and O–H groups in total. The Balaban J connectivity index is 2.39. The highest BCUT2D eigenvalue weighted by Gasteiger charge is 2.16. The van der Waals surface area contributed by atoms with Gasteiger partial charge in [0.15, 0.2) is 0 Å². The van der Waals surface area contributed by atoms with Crippen molar-refractivity contribution in [3.8, 4) is 0 Å². The van der Waals surface area contributed by atoms with E-state index in [1.165, 1.54) is 0 Å². The van der Waals surface area contributed by atoms with Gasteiger partial charge in [-0.15, -0.1) is 0 Å². The van der Waals surface area contributed by atoms with Gasteiger partial charge >= 0.3 is 0 Å². The third kappa shape index (κ3) is 3.25. The number of hydrogen-bond donors (Lipinski definition) is 2. The third-order valence-corrected chi connectivity index (χ3v) is 3.76. The molecule has 0 saturated carbocycles. The van der Waals surface area contributed by atoms with Gasteiger partial charge in [-0.25, -0.2) is 5.43 Å². The van der Waals surface area contributed by atoms with Gasteiger partial charge in [-0.1, -0.05) is 35.3 Å². The van der Waals surface area contributed by atoms with Gasteiger partial charge in [0.2, 0.25) is 0 Å². The first-order chi connectivity index (χ1) is 9.52. The summed E-state index contributed by atoms with van der Waals surface area (Å²) in [6.07, 6.45) is 0. The Labute approximate surface area is 129 Å². The van der Waals surface area contributed by atoms with Crippen molar-refractivity contribution in [3.63, 3.8) is 0 Å². The molecule has 2 aromatic rings. The number of rotatable bonds is 4. The minimum absolute atomic E-state index is 0.197. The minimum atomic E-state index is -0.197. The van der Waals surface area contributed by atoms with E-state index in [2.05, 4.69) is 5.43 Å². The first-order valence-electron chi connectivity index (χ1n) is 6.21. The summed E-state index contributed by atoms with van der Waals surface area (Å²) in [6.45, 7) is 0. The Bertz CT molecular complexity index is 582. The second-order valence-corrected chi connectivity index (χ2v) is 5.60. The highest BCUT2D eigenvalue weighted by atomic mass is 35.5. The molecule has 0 aliphatic carbocycles. The molecule has 0 bridgehead atoms. The van der Waals surface area contributed by atoms with Crippen molar-refractivity contribution in [1.29, 1.82) is 0 Å². The average Bonchev–Trinajstić information content (AvgIpc) is 2.44. The number of benzene rings is 2. The topological polar surface area (TPSA) is 41.3 Å². The van der Waals surface area contributed by atoms with Crippen molar-refractivity contribution in [3.05, 3.63) is 63.6 Å². The number of hydrazine groups is 1. The van der Waals surface area contributed by atoms with Crippen LogP contribution in [0.1, 0.15) is 17.2 Å². The minimum Gasteiger partial charge on any atom is -0.378 e. The van der Waals surface area contributed by atoms with E-state index in [1.807, 2.05) is 49.3 Å². The monoisotopic (exact) mass is 309 g/mol. The molecule has 2 aromatic carbocycles. The summed E-state index contributed by atoms with van der Waals surface area (Å²) in [5.41, 5.74) is 5.81. The fourth-order valence-corrected chi connectivity index (χ4v) is 2.47. The van der Waals surface area contributed by atoms with Crippen molar-refractivity contribution in [1.82, 2.24) is 5.43 Å². The van der Waals surface area contributed by atoms with E-state index in [9.17, 15) is 0 Å². The summed E-state index contributed by atoms with van der Waals surface area (Å²) in [5.74, 6) is 5.69. The van der Waals surface area contributed by atoms with E-state index in [4.69, 9.17) is 29.0 Å². The summed E-state index contributed by atoms with van der Waals surface area (Å²) in [5, 5.41) is 1.27. The fraction of sp³-hybridized carbons (Fsp3) is 0.200. The van der Waals surface area contributed by atoms with Gasteiger partial charge in [-0.2, -0.15) is 0 Å². The highest BCUT2D eigenvalue weighted by Crippen LogP contribution is 2.30. The van der Waals surface area contributed by atoms with E-state index in [0.29, 0.717) is 10.0 Å².